The predicted octanol–water partition coefficient (Wildman–Crippen LogP) is 4.20. The van der Waals surface area contributed by atoms with Crippen LogP contribution in [0.15, 0.2) is 10.5 Å². The Morgan fingerprint density at radius 3 is 2.55 bits per heavy atom. The van der Waals surface area contributed by atoms with E-state index in [0.717, 1.165) is 0 Å². The van der Waals surface area contributed by atoms with E-state index in [1.54, 1.807) is 6.92 Å². The molecular formula is C7H4BrCl2F. The third-order valence-electron chi connectivity index (χ3n) is 1.28. The average Bonchev–Trinajstić information content (AvgIpc) is 1.97. The first-order valence-electron chi connectivity index (χ1n) is 2.83. The van der Waals surface area contributed by atoms with Crippen LogP contribution in [0.4, 0.5) is 4.39 Å². The first-order valence-corrected chi connectivity index (χ1v) is 4.38. The van der Waals surface area contributed by atoms with E-state index >= 15 is 0 Å². The number of halogens is 4. The fraction of sp³-hybridized carbons (Fsp3) is 0.143. The second-order valence-electron chi connectivity index (χ2n) is 2.12. The number of hydrogen-bond acceptors (Lipinski definition) is 0. The minimum Gasteiger partial charge on any atom is -0.205 e. The Hall–Kier alpha value is 0.210. The highest BCUT2D eigenvalue weighted by molar-refractivity contribution is 9.10. The van der Waals surface area contributed by atoms with E-state index in [1.807, 2.05) is 0 Å². The molecule has 60 valence electrons. The van der Waals surface area contributed by atoms with E-state index in [0.29, 0.717) is 15.1 Å². The molecule has 0 aliphatic carbocycles. The molecule has 4 heteroatoms. The summed E-state index contributed by atoms with van der Waals surface area (Å²) in [7, 11) is 0. The Labute approximate surface area is 82.4 Å². The second kappa shape index (κ2) is 3.30. The van der Waals surface area contributed by atoms with Crippen molar-refractivity contribution in [3.05, 3.63) is 32.0 Å². The zero-order valence-electron chi connectivity index (χ0n) is 5.59. The van der Waals surface area contributed by atoms with Crippen molar-refractivity contribution in [2.45, 2.75) is 6.92 Å². The molecule has 0 heterocycles. The number of aryl methyl sites for hydroxylation is 1. The Morgan fingerprint density at radius 1 is 1.45 bits per heavy atom. The van der Waals surface area contributed by atoms with Crippen molar-refractivity contribution >= 4 is 39.1 Å². The van der Waals surface area contributed by atoms with Gasteiger partial charge in [-0.05, 0) is 34.5 Å². The third-order valence-corrected chi connectivity index (χ3v) is 3.22. The molecule has 0 aliphatic rings. The molecular weight excluding hydrogens is 254 g/mol. The van der Waals surface area contributed by atoms with Gasteiger partial charge in [0.1, 0.15) is 5.82 Å². The fourth-order valence-electron chi connectivity index (χ4n) is 0.691. The zero-order valence-corrected chi connectivity index (χ0v) is 8.69. The van der Waals surface area contributed by atoms with Crippen molar-refractivity contribution < 1.29 is 4.39 Å². The largest absolute Gasteiger partial charge is 0.205 e. The molecule has 0 saturated heterocycles. The van der Waals surface area contributed by atoms with Gasteiger partial charge in [0.05, 0.1) is 14.5 Å². The smallest absolute Gasteiger partial charge is 0.145 e. The molecule has 0 nitrogen and oxygen atoms in total. The predicted molar refractivity (Wildman–Crippen MR) is 48.9 cm³/mol. The summed E-state index contributed by atoms with van der Waals surface area (Å²) in [6.45, 7) is 1.61. The maximum atomic E-state index is 13.0. The van der Waals surface area contributed by atoms with Gasteiger partial charge in [-0.15, -0.1) is 0 Å². The summed E-state index contributed by atoms with van der Waals surface area (Å²) in [4.78, 5) is 0. The maximum Gasteiger partial charge on any atom is 0.145 e. The summed E-state index contributed by atoms with van der Waals surface area (Å²) in [5.41, 5.74) is 0.447. The molecule has 0 atom stereocenters. The summed E-state index contributed by atoms with van der Waals surface area (Å²) < 4.78 is 13.4. The van der Waals surface area contributed by atoms with Gasteiger partial charge in [0.15, 0.2) is 0 Å². The van der Waals surface area contributed by atoms with Crippen molar-refractivity contribution in [2.75, 3.05) is 0 Å². The van der Waals surface area contributed by atoms with Crippen LogP contribution < -0.4 is 0 Å². The van der Waals surface area contributed by atoms with Gasteiger partial charge in [-0.2, -0.15) is 0 Å². The normalized spacial score (nSPS) is 10.3. The van der Waals surface area contributed by atoms with Gasteiger partial charge in [-0.25, -0.2) is 4.39 Å². The van der Waals surface area contributed by atoms with E-state index in [9.17, 15) is 4.39 Å². The highest BCUT2D eigenvalue weighted by Gasteiger charge is 2.10. The average molecular weight is 258 g/mol. The summed E-state index contributed by atoms with van der Waals surface area (Å²) in [6.07, 6.45) is 0. The van der Waals surface area contributed by atoms with Crippen LogP contribution in [0.25, 0.3) is 0 Å². The number of benzene rings is 1. The molecule has 0 saturated carbocycles. The van der Waals surface area contributed by atoms with Crippen molar-refractivity contribution in [1.29, 1.82) is 0 Å². The first-order chi connectivity index (χ1) is 5.04. The molecule has 0 fully saturated rings. The van der Waals surface area contributed by atoms with E-state index in [4.69, 9.17) is 23.2 Å². The Kier molecular flexibility index (Phi) is 2.79. The van der Waals surface area contributed by atoms with Crippen LogP contribution in [0.1, 0.15) is 5.56 Å². The fourth-order valence-corrected chi connectivity index (χ4v) is 1.54. The highest BCUT2D eigenvalue weighted by atomic mass is 79.9. The molecule has 1 aromatic carbocycles. The summed E-state index contributed by atoms with van der Waals surface area (Å²) in [5, 5.41) is 0.462. The molecule has 0 radical (unpaired) electrons. The molecule has 0 aromatic heterocycles. The van der Waals surface area contributed by atoms with E-state index < -0.39 is 5.82 Å². The Balaban J connectivity index is 3.46. The van der Waals surface area contributed by atoms with Gasteiger partial charge < -0.3 is 0 Å². The standard InChI is InChI=1S/C7H4BrCl2F/c1-3-2-4(9)5(8)6(10)7(3)11/h2H,1H3. The Bertz CT molecular complexity index is 273. The summed E-state index contributed by atoms with van der Waals surface area (Å²) in [6, 6.07) is 1.52. The van der Waals surface area contributed by atoms with Gasteiger partial charge in [0.2, 0.25) is 0 Å². The zero-order chi connectivity index (χ0) is 8.59. The van der Waals surface area contributed by atoms with E-state index in [2.05, 4.69) is 15.9 Å². The van der Waals surface area contributed by atoms with Crippen molar-refractivity contribution in [3.63, 3.8) is 0 Å². The van der Waals surface area contributed by atoms with Crippen LogP contribution in [-0.4, -0.2) is 0 Å². The molecule has 0 amide bonds. The molecule has 1 rings (SSSR count). The van der Waals surface area contributed by atoms with E-state index in [1.165, 1.54) is 6.07 Å². The van der Waals surface area contributed by atoms with Gasteiger partial charge in [-0.1, -0.05) is 23.2 Å². The molecule has 0 N–H and O–H groups in total. The van der Waals surface area contributed by atoms with Crippen LogP contribution in [0.3, 0.4) is 0 Å². The number of hydrogen-bond donors (Lipinski definition) is 0. The highest BCUT2D eigenvalue weighted by Crippen LogP contribution is 2.33. The lowest BCUT2D eigenvalue weighted by Crippen LogP contribution is -1.85. The third kappa shape index (κ3) is 1.68. The molecule has 11 heavy (non-hydrogen) atoms. The van der Waals surface area contributed by atoms with Gasteiger partial charge in [0.25, 0.3) is 0 Å². The van der Waals surface area contributed by atoms with Crippen LogP contribution in [0.2, 0.25) is 10.0 Å². The van der Waals surface area contributed by atoms with Crippen molar-refractivity contribution in [2.24, 2.45) is 0 Å². The quantitative estimate of drug-likeness (QED) is 0.483. The van der Waals surface area contributed by atoms with E-state index in [-0.39, 0.29) is 5.02 Å². The second-order valence-corrected chi connectivity index (χ2v) is 3.70. The lowest BCUT2D eigenvalue weighted by Gasteiger charge is -2.02. The summed E-state index contributed by atoms with van der Waals surface area (Å²) in [5.74, 6) is -0.428. The Morgan fingerprint density at radius 2 is 2.00 bits per heavy atom. The minimum atomic E-state index is -0.428. The monoisotopic (exact) mass is 256 g/mol. The van der Waals surface area contributed by atoms with Gasteiger partial charge >= 0.3 is 0 Å². The SMILES string of the molecule is Cc1cc(Cl)c(Br)c(Cl)c1F. The van der Waals surface area contributed by atoms with Crippen LogP contribution >= 0.6 is 39.1 Å². The lowest BCUT2D eigenvalue weighted by molar-refractivity contribution is 0.618. The molecule has 1 aromatic rings. The van der Waals surface area contributed by atoms with Crippen LogP contribution in [-0.2, 0) is 0 Å². The van der Waals surface area contributed by atoms with Gasteiger partial charge in [-0.3, -0.25) is 0 Å². The first kappa shape index (κ1) is 9.30. The molecule has 0 aliphatic heterocycles. The van der Waals surface area contributed by atoms with Crippen molar-refractivity contribution in [1.82, 2.24) is 0 Å². The molecule has 0 bridgehead atoms. The maximum absolute atomic E-state index is 13.0. The van der Waals surface area contributed by atoms with Gasteiger partial charge in [0, 0.05) is 0 Å². The molecule has 0 spiro atoms. The topological polar surface area (TPSA) is 0 Å². The summed E-state index contributed by atoms with van der Waals surface area (Å²) >= 11 is 14.3. The van der Waals surface area contributed by atoms with Crippen LogP contribution in [0, 0.1) is 12.7 Å². The van der Waals surface area contributed by atoms with Crippen LogP contribution in [0.5, 0.6) is 0 Å². The van der Waals surface area contributed by atoms with Crippen molar-refractivity contribution in [3.8, 4) is 0 Å². The minimum absolute atomic E-state index is 0.0370. The lowest BCUT2D eigenvalue weighted by atomic mass is 10.2. The number of rotatable bonds is 0. The molecule has 0 unspecified atom stereocenters.